The molecule has 1 atom stereocenters. The first-order valence-corrected chi connectivity index (χ1v) is 6.29. The van der Waals surface area contributed by atoms with Gasteiger partial charge in [0, 0.05) is 18.2 Å². The van der Waals surface area contributed by atoms with Crippen LogP contribution in [0.15, 0.2) is 12.2 Å². The van der Waals surface area contributed by atoms with E-state index in [1.807, 2.05) is 0 Å². The van der Waals surface area contributed by atoms with E-state index in [2.05, 4.69) is 6.92 Å². The Hall–Kier alpha value is -1.12. The van der Waals surface area contributed by atoms with Crippen molar-refractivity contribution in [3.05, 3.63) is 12.2 Å². The maximum atomic E-state index is 11.6. The lowest BCUT2D eigenvalue weighted by Gasteiger charge is -2.34. The van der Waals surface area contributed by atoms with Crippen molar-refractivity contribution in [3.8, 4) is 0 Å². The van der Waals surface area contributed by atoms with Crippen LogP contribution < -0.4 is 0 Å². The zero-order valence-corrected chi connectivity index (χ0v) is 9.82. The molecule has 1 aliphatic heterocycles. The molecule has 3 nitrogen and oxygen atoms in total. The zero-order valence-electron chi connectivity index (χ0n) is 9.82. The topological polar surface area (TPSA) is 37.4 Å². The number of carbonyl (C=O) groups excluding carboxylic acids is 2. The van der Waals surface area contributed by atoms with Gasteiger partial charge < -0.3 is 0 Å². The van der Waals surface area contributed by atoms with Crippen LogP contribution in [0.5, 0.6) is 0 Å². The van der Waals surface area contributed by atoms with Crippen LogP contribution in [0.3, 0.4) is 0 Å². The summed E-state index contributed by atoms with van der Waals surface area (Å²) in [6.07, 6.45) is 9.78. The Kier molecular flexibility index (Phi) is 3.42. The fourth-order valence-corrected chi connectivity index (χ4v) is 2.98. The second-order valence-electron chi connectivity index (χ2n) is 4.75. The molecule has 0 N–H and O–H groups in total. The first kappa shape index (κ1) is 11.4. The van der Waals surface area contributed by atoms with E-state index in [-0.39, 0.29) is 17.9 Å². The lowest BCUT2D eigenvalue weighted by atomic mass is 9.82. The molecule has 0 spiro atoms. The van der Waals surface area contributed by atoms with Gasteiger partial charge in [0.05, 0.1) is 0 Å². The Morgan fingerprint density at radius 1 is 1.19 bits per heavy atom. The molecule has 1 unspecified atom stereocenters. The highest BCUT2D eigenvalue weighted by Crippen LogP contribution is 2.31. The van der Waals surface area contributed by atoms with Crippen molar-refractivity contribution >= 4 is 11.8 Å². The van der Waals surface area contributed by atoms with Crippen LogP contribution in [-0.4, -0.2) is 22.8 Å². The predicted octanol–water partition coefficient (Wildman–Crippen LogP) is 2.27. The molecule has 0 radical (unpaired) electrons. The summed E-state index contributed by atoms with van der Waals surface area (Å²) >= 11 is 0. The molecule has 2 rings (SSSR count). The molecule has 2 amide bonds. The first-order valence-electron chi connectivity index (χ1n) is 6.29. The molecule has 0 aromatic carbocycles. The number of carbonyl (C=O) groups is 2. The Morgan fingerprint density at radius 2 is 1.75 bits per heavy atom. The minimum atomic E-state index is -0.123. The van der Waals surface area contributed by atoms with E-state index in [4.69, 9.17) is 0 Å². The minimum absolute atomic E-state index is 0.121. The summed E-state index contributed by atoms with van der Waals surface area (Å²) in [5.41, 5.74) is 0. The fourth-order valence-electron chi connectivity index (χ4n) is 2.98. The lowest BCUT2D eigenvalue weighted by molar-refractivity contribution is -0.141. The number of nitrogens with zero attached hydrogens (tertiary/aromatic N) is 1. The van der Waals surface area contributed by atoms with Crippen molar-refractivity contribution in [2.45, 2.75) is 51.5 Å². The van der Waals surface area contributed by atoms with Gasteiger partial charge >= 0.3 is 0 Å². The predicted molar refractivity (Wildman–Crippen MR) is 61.6 cm³/mol. The van der Waals surface area contributed by atoms with Crippen molar-refractivity contribution in [1.82, 2.24) is 4.90 Å². The van der Waals surface area contributed by atoms with Crippen LogP contribution in [0.25, 0.3) is 0 Å². The monoisotopic (exact) mass is 221 g/mol. The number of hydrogen-bond donors (Lipinski definition) is 0. The highest BCUT2D eigenvalue weighted by Gasteiger charge is 2.35. The quantitative estimate of drug-likeness (QED) is 0.685. The van der Waals surface area contributed by atoms with E-state index in [0.717, 1.165) is 19.3 Å². The van der Waals surface area contributed by atoms with Gasteiger partial charge in [-0.1, -0.05) is 26.2 Å². The molecule has 3 heteroatoms. The minimum Gasteiger partial charge on any atom is -0.272 e. The molecule has 2 aliphatic rings. The van der Waals surface area contributed by atoms with Gasteiger partial charge in [-0.25, -0.2) is 0 Å². The summed E-state index contributed by atoms with van der Waals surface area (Å²) in [4.78, 5) is 24.8. The fraction of sp³-hybridized carbons (Fsp3) is 0.692. The van der Waals surface area contributed by atoms with Gasteiger partial charge in [0.15, 0.2) is 0 Å². The van der Waals surface area contributed by atoms with Crippen molar-refractivity contribution in [1.29, 1.82) is 0 Å². The molecule has 88 valence electrons. The molecule has 0 aromatic rings. The summed E-state index contributed by atoms with van der Waals surface area (Å²) in [6, 6.07) is 0.121. The molecular weight excluding hydrogens is 202 g/mol. The summed E-state index contributed by atoms with van der Waals surface area (Å²) in [7, 11) is 0. The lowest BCUT2D eigenvalue weighted by Crippen LogP contribution is -2.44. The summed E-state index contributed by atoms with van der Waals surface area (Å²) in [5, 5.41) is 0. The summed E-state index contributed by atoms with van der Waals surface area (Å²) in [6.45, 7) is 2.07. The van der Waals surface area contributed by atoms with Gasteiger partial charge in [-0.3, -0.25) is 14.5 Å². The second-order valence-corrected chi connectivity index (χ2v) is 4.75. The summed E-state index contributed by atoms with van der Waals surface area (Å²) in [5.74, 6) is 0.274. The molecule has 0 aromatic heterocycles. The molecule has 1 saturated carbocycles. The van der Waals surface area contributed by atoms with Gasteiger partial charge in [0.1, 0.15) is 0 Å². The summed E-state index contributed by atoms with van der Waals surface area (Å²) < 4.78 is 0. The van der Waals surface area contributed by atoms with Crippen LogP contribution in [0.1, 0.15) is 45.4 Å². The van der Waals surface area contributed by atoms with E-state index in [1.165, 1.54) is 36.3 Å². The number of amides is 2. The van der Waals surface area contributed by atoms with Gasteiger partial charge in [0.25, 0.3) is 11.8 Å². The average molecular weight is 221 g/mol. The van der Waals surface area contributed by atoms with Crippen LogP contribution in [0.2, 0.25) is 0 Å². The molecular formula is C13H19NO2. The third-order valence-electron chi connectivity index (χ3n) is 3.79. The highest BCUT2D eigenvalue weighted by molar-refractivity contribution is 6.13. The van der Waals surface area contributed by atoms with Crippen LogP contribution >= 0.6 is 0 Å². The molecule has 1 heterocycles. The van der Waals surface area contributed by atoms with Crippen molar-refractivity contribution in [3.63, 3.8) is 0 Å². The maximum absolute atomic E-state index is 11.6. The largest absolute Gasteiger partial charge is 0.272 e. The van der Waals surface area contributed by atoms with Crippen molar-refractivity contribution in [2.24, 2.45) is 5.92 Å². The standard InChI is InChI=1S/C13H19NO2/c1-2-11(10-6-4-3-5-7-10)14-12(15)8-9-13(14)16/h8-11H,2-7H2,1H3. The molecule has 0 bridgehead atoms. The van der Waals surface area contributed by atoms with E-state index in [9.17, 15) is 9.59 Å². The van der Waals surface area contributed by atoms with E-state index in [0.29, 0.717) is 5.92 Å². The van der Waals surface area contributed by atoms with Crippen LogP contribution in [-0.2, 0) is 9.59 Å². The first-order chi connectivity index (χ1) is 7.74. The molecule has 16 heavy (non-hydrogen) atoms. The molecule has 1 aliphatic carbocycles. The van der Waals surface area contributed by atoms with Gasteiger partial charge in [0.2, 0.25) is 0 Å². The maximum Gasteiger partial charge on any atom is 0.253 e. The molecule has 0 saturated heterocycles. The third-order valence-corrected chi connectivity index (χ3v) is 3.79. The number of hydrogen-bond acceptors (Lipinski definition) is 2. The van der Waals surface area contributed by atoms with Crippen LogP contribution in [0.4, 0.5) is 0 Å². The van der Waals surface area contributed by atoms with Crippen molar-refractivity contribution < 1.29 is 9.59 Å². The van der Waals surface area contributed by atoms with Gasteiger partial charge in [-0.2, -0.15) is 0 Å². The Bertz CT molecular complexity index is 298. The van der Waals surface area contributed by atoms with Crippen molar-refractivity contribution in [2.75, 3.05) is 0 Å². The van der Waals surface area contributed by atoms with E-state index < -0.39 is 0 Å². The van der Waals surface area contributed by atoms with E-state index in [1.54, 1.807) is 0 Å². The Labute approximate surface area is 96.5 Å². The van der Waals surface area contributed by atoms with E-state index >= 15 is 0 Å². The second kappa shape index (κ2) is 4.81. The third kappa shape index (κ3) is 2.04. The normalized spacial score (nSPS) is 24.2. The smallest absolute Gasteiger partial charge is 0.253 e. The highest BCUT2D eigenvalue weighted by atomic mass is 16.2. The Morgan fingerprint density at radius 3 is 2.25 bits per heavy atom. The van der Waals surface area contributed by atoms with Gasteiger partial charge in [-0.15, -0.1) is 0 Å². The van der Waals surface area contributed by atoms with Gasteiger partial charge in [-0.05, 0) is 25.2 Å². The Balaban J connectivity index is 2.09. The zero-order chi connectivity index (χ0) is 11.5. The SMILES string of the molecule is CCC(C1CCCCC1)N1C(=O)C=CC1=O. The number of rotatable bonds is 3. The number of imide groups is 1. The molecule has 1 fully saturated rings. The average Bonchev–Trinajstić information content (AvgIpc) is 2.63. The van der Waals surface area contributed by atoms with Crippen LogP contribution in [0, 0.1) is 5.92 Å².